The van der Waals surface area contributed by atoms with E-state index >= 15 is 0 Å². The first kappa shape index (κ1) is 17.0. The van der Waals surface area contributed by atoms with Crippen LogP contribution >= 0.6 is 48.8 Å². The van der Waals surface area contributed by atoms with Gasteiger partial charge >= 0.3 is 0 Å². The standard InChI is InChI=1S/C16H11BrO2S4/c1-23(18,19)13-8-4-11(5-9-13)15-14(16(20)22-21-15)10-2-6-12(17)7-3-10/h2-9H,1H3. The van der Waals surface area contributed by atoms with E-state index in [9.17, 15) is 8.42 Å². The van der Waals surface area contributed by atoms with Gasteiger partial charge in [0, 0.05) is 16.3 Å². The molecule has 0 saturated carbocycles. The highest BCUT2D eigenvalue weighted by Gasteiger charge is 2.14. The van der Waals surface area contributed by atoms with E-state index in [0.717, 1.165) is 29.9 Å². The monoisotopic (exact) mass is 442 g/mol. The molecule has 23 heavy (non-hydrogen) atoms. The third-order valence-corrected chi connectivity index (χ3v) is 8.03. The predicted octanol–water partition coefficient (Wildman–Crippen LogP) is 6.04. The lowest BCUT2D eigenvalue weighted by Crippen LogP contribution is -1.96. The summed E-state index contributed by atoms with van der Waals surface area (Å²) in [6, 6.07) is 15.0. The smallest absolute Gasteiger partial charge is 0.175 e. The number of halogens is 1. The molecule has 0 N–H and O–H groups in total. The van der Waals surface area contributed by atoms with Crippen molar-refractivity contribution in [3.05, 3.63) is 56.8 Å². The zero-order valence-electron chi connectivity index (χ0n) is 11.9. The van der Waals surface area contributed by atoms with Crippen molar-refractivity contribution in [2.75, 3.05) is 6.26 Å². The average Bonchev–Trinajstić information content (AvgIpc) is 2.89. The Morgan fingerprint density at radius 3 is 2.04 bits per heavy atom. The van der Waals surface area contributed by atoms with E-state index in [2.05, 4.69) is 15.9 Å². The van der Waals surface area contributed by atoms with Crippen LogP contribution in [0.15, 0.2) is 57.9 Å². The van der Waals surface area contributed by atoms with Crippen LogP contribution < -0.4 is 0 Å². The Kier molecular flexibility index (Phi) is 4.85. The quantitative estimate of drug-likeness (QED) is 0.366. The second kappa shape index (κ2) is 6.57. The number of hydrogen-bond donors (Lipinski definition) is 0. The second-order valence-electron chi connectivity index (χ2n) is 4.96. The summed E-state index contributed by atoms with van der Waals surface area (Å²) < 4.78 is 25.0. The van der Waals surface area contributed by atoms with E-state index < -0.39 is 9.84 Å². The molecular formula is C16H11BrO2S4. The number of benzene rings is 2. The van der Waals surface area contributed by atoms with Gasteiger partial charge in [-0.25, -0.2) is 8.42 Å². The van der Waals surface area contributed by atoms with Crippen LogP contribution in [0.5, 0.6) is 0 Å². The first-order valence-electron chi connectivity index (χ1n) is 6.56. The maximum Gasteiger partial charge on any atom is 0.175 e. The summed E-state index contributed by atoms with van der Waals surface area (Å²) in [4.78, 5) is 1.40. The van der Waals surface area contributed by atoms with Crippen molar-refractivity contribution < 1.29 is 8.42 Å². The summed E-state index contributed by atoms with van der Waals surface area (Å²) in [6.45, 7) is 0. The van der Waals surface area contributed by atoms with Gasteiger partial charge in [-0.05, 0) is 35.4 Å². The minimum absolute atomic E-state index is 0.324. The molecule has 0 bridgehead atoms. The molecule has 0 atom stereocenters. The van der Waals surface area contributed by atoms with Crippen LogP contribution in [0.1, 0.15) is 0 Å². The van der Waals surface area contributed by atoms with E-state index in [0.29, 0.717) is 4.90 Å². The van der Waals surface area contributed by atoms with Crippen molar-refractivity contribution in [3.8, 4) is 21.6 Å². The van der Waals surface area contributed by atoms with E-state index in [-0.39, 0.29) is 0 Å². The maximum atomic E-state index is 11.6. The lowest BCUT2D eigenvalue weighted by molar-refractivity contribution is 0.602. The van der Waals surface area contributed by atoms with E-state index in [1.165, 1.54) is 6.26 Å². The minimum atomic E-state index is -3.18. The van der Waals surface area contributed by atoms with Crippen LogP contribution in [0.25, 0.3) is 21.6 Å². The van der Waals surface area contributed by atoms with Gasteiger partial charge in [0.15, 0.2) is 9.84 Å². The van der Waals surface area contributed by atoms with Crippen LogP contribution in [0.3, 0.4) is 0 Å². The van der Waals surface area contributed by atoms with Crippen LogP contribution in [0.2, 0.25) is 0 Å². The largest absolute Gasteiger partial charge is 0.224 e. The van der Waals surface area contributed by atoms with Crippen LogP contribution in [0.4, 0.5) is 0 Å². The third-order valence-electron chi connectivity index (χ3n) is 3.31. The highest BCUT2D eigenvalue weighted by Crippen LogP contribution is 2.41. The van der Waals surface area contributed by atoms with Crippen molar-refractivity contribution in [1.29, 1.82) is 0 Å². The van der Waals surface area contributed by atoms with Gasteiger partial charge in [0.25, 0.3) is 0 Å². The number of rotatable bonds is 3. The fraction of sp³-hybridized carbons (Fsp3) is 0.0625. The summed E-state index contributed by atoms with van der Waals surface area (Å²) >= 11 is 8.93. The molecule has 0 unspecified atom stereocenters. The Bertz CT molecular complexity index is 997. The second-order valence-corrected chi connectivity index (χ2v) is 10.7. The third kappa shape index (κ3) is 3.64. The molecule has 2 nitrogen and oxygen atoms in total. The van der Waals surface area contributed by atoms with Crippen molar-refractivity contribution in [1.82, 2.24) is 0 Å². The SMILES string of the molecule is CS(=O)(=O)c1ccc(-c2ssc(=S)c2-c2ccc(Br)cc2)cc1. The molecule has 0 aliphatic rings. The molecule has 0 fully saturated rings. The fourth-order valence-corrected chi connectivity index (χ4v) is 5.98. The Balaban J connectivity index is 2.12. The molecule has 2 aromatic carbocycles. The highest BCUT2D eigenvalue weighted by atomic mass is 79.9. The van der Waals surface area contributed by atoms with Gasteiger partial charge in [-0.2, -0.15) is 0 Å². The molecule has 0 saturated heterocycles. The van der Waals surface area contributed by atoms with Gasteiger partial charge in [-0.1, -0.05) is 73.1 Å². The molecule has 1 heterocycles. The Morgan fingerprint density at radius 1 is 0.913 bits per heavy atom. The summed E-state index contributed by atoms with van der Waals surface area (Å²) in [5.74, 6) is 0. The lowest BCUT2D eigenvalue weighted by Gasteiger charge is -2.05. The summed E-state index contributed by atoms with van der Waals surface area (Å²) in [6.07, 6.45) is 1.21. The summed E-state index contributed by atoms with van der Waals surface area (Å²) in [5, 5.41) is 0. The lowest BCUT2D eigenvalue weighted by atomic mass is 10.0. The molecule has 0 aliphatic heterocycles. The molecule has 0 amide bonds. The normalized spacial score (nSPS) is 11.6. The molecule has 0 radical (unpaired) electrons. The van der Waals surface area contributed by atoms with Crippen molar-refractivity contribution in [3.63, 3.8) is 0 Å². The number of sulfone groups is 1. The predicted molar refractivity (Wildman–Crippen MR) is 105 cm³/mol. The zero-order chi connectivity index (χ0) is 16.6. The Hall–Kier alpha value is -0.860. The Morgan fingerprint density at radius 2 is 1.48 bits per heavy atom. The highest BCUT2D eigenvalue weighted by molar-refractivity contribution is 9.10. The number of hydrogen-bond acceptors (Lipinski definition) is 5. The van der Waals surface area contributed by atoms with E-state index in [1.807, 2.05) is 36.4 Å². The van der Waals surface area contributed by atoms with Crippen molar-refractivity contribution in [2.24, 2.45) is 0 Å². The molecule has 7 heteroatoms. The molecule has 0 aliphatic carbocycles. The first-order chi connectivity index (χ1) is 10.9. The Labute approximate surface area is 155 Å². The minimum Gasteiger partial charge on any atom is -0.224 e. The molecular weight excluding hydrogens is 432 g/mol. The van der Waals surface area contributed by atoms with Gasteiger partial charge in [0.05, 0.1) is 9.77 Å². The maximum absolute atomic E-state index is 11.6. The summed E-state index contributed by atoms with van der Waals surface area (Å²) in [7, 11) is -0.00426. The van der Waals surface area contributed by atoms with Gasteiger partial charge in [-0.15, -0.1) is 0 Å². The van der Waals surface area contributed by atoms with Crippen molar-refractivity contribution >= 4 is 58.7 Å². The van der Waals surface area contributed by atoms with Crippen LogP contribution in [0, 0.1) is 3.82 Å². The first-order valence-corrected chi connectivity index (χ1v) is 11.8. The van der Waals surface area contributed by atoms with Gasteiger partial charge in [0.1, 0.15) is 3.82 Å². The summed E-state index contributed by atoms with van der Waals surface area (Å²) in [5.41, 5.74) is 3.08. The molecule has 0 spiro atoms. The van der Waals surface area contributed by atoms with Gasteiger partial charge < -0.3 is 0 Å². The average molecular weight is 443 g/mol. The van der Waals surface area contributed by atoms with E-state index in [1.54, 1.807) is 32.8 Å². The molecule has 1 aromatic heterocycles. The van der Waals surface area contributed by atoms with E-state index in [4.69, 9.17) is 12.2 Å². The zero-order valence-corrected chi connectivity index (χ0v) is 16.8. The van der Waals surface area contributed by atoms with Gasteiger partial charge in [-0.3, -0.25) is 0 Å². The molecule has 3 aromatic rings. The topological polar surface area (TPSA) is 34.1 Å². The van der Waals surface area contributed by atoms with Crippen LogP contribution in [-0.4, -0.2) is 14.7 Å². The van der Waals surface area contributed by atoms with Crippen molar-refractivity contribution in [2.45, 2.75) is 4.90 Å². The molecule has 118 valence electrons. The van der Waals surface area contributed by atoms with Crippen LogP contribution in [-0.2, 0) is 9.84 Å². The van der Waals surface area contributed by atoms with Gasteiger partial charge in [0.2, 0.25) is 0 Å². The molecule has 3 rings (SSSR count). The fourth-order valence-electron chi connectivity index (χ4n) is 2.17.